The molecule has 1 aromatic rings. The van der Waals surface area contributed by atoms with Crippen molar-refractivity contribution in [3.8, 4) is 0 Å². The summed E-state index contributed by atoms with van der Waals surface area (Å²) < 4.78 is 5.34. The lowest BCUT2D eigenvalue weighted by molar-refractivity contribution is -0.116. The largest absolute Gasteiger partial charge is 0.462 e. The van der Waals surface area contributed by atoms with Crippen molar-refractivity contribution in [2.24, 2.45) is 11.3 Å². The first-order valence-electron chi connectivity index (χ1n) is 12.4. The van der Waals surface area contributed by atoms with Crippen molar-refractivity contribution in [3.63, 3.8) is 0 Å². The number of nitrogens with one attached hydrogen (secondary N) is 1. The SMILES string of the molecule is CCCCCCCCCCC(=O)Nc1sc2c(c1C(=O)OCC)CCC(C(C)(C)C)C2. The van der Waals surface area contributed by atoms with Crippen LogP contribution in [-0.4, -0.2) is 18.5 Å². The minimum Gasteiger partial charge on any atom is -0.462 e. The average molecular weight is 450 g/mol. The molecule has 0 saturated heterocycles. The quantitative estimate of drug-likeness (QED) is 0.265. The fraction of sp³-hybridized carbons (Fsp3) is 0.769. The standard InChI is InChI=1S/C26H43NO3S/c1-6-8-9-10-11-12-13-14-15-22(28)27-24-23(25(29)30-7-2)20-17-16-19(26(3,4)5)18-21(20)31-24/h19H,6-18H2,1-5H3,(H,27,28). The molecule has 1 amide bonds. The van der Waals surface area contributed by atoms with E-state index >= 15 is 0 Å². The molecule has 4 nitrogen and oxygen atoms in total. The van der Waals surface area contributed by atoms with Crippen molar-refractivity contribution in [1.29, 1.82) is 0 Å². The number of ether oxygens (including phenoxy) is 1. The van der Waals surface area contributed by atoms with Gasteiger partial charge in [0, 0.05) is 11.3 Å². The van der Waals surface area contributed by atoms with Crippen LogP contribution in [0.3, 0.4) is 0 Å². The maximum absolute atomic E-state index is 12.7. The third kappa shape index (κ3) is 7.93. The summed E-state index contributed by atoms with van der Waals surface area (Å²) in [5.41, 5.74) is 1.95. The number of esters is 1. The van der Waals surface area contributed by atoms with E-state index in [-0.39, 0.29) is 17.3 Å². The van der Waals surface area contributed by atoms with Gasteiger partial charge in [0.15, 0.2) is 0 Å². The van der Waals surface area contributed by atoms with Gasteiger partial charge in [-0.2, -0.15) is 0 Å². The van der Waals surface area contributed by atoms with E-state index in [4.69, 9.17) is 4.74 Å². The van der Waals surface area contributed by atoms with Crippen LogP contribution in [0.2, 0.25) is 0 Å². The van der Waals surface area contributed by atoms with Crippen molar-refractivity contribution in [2.45, 2.75) is 112 Å². The minimum atomic E-state index is -0.295. The van der Waals surface area contributed by atoms with Gasteiger partial charge in [-0.3, -0.25) is 4.79 Å². The zero-order valence-electron chi connectivity index (χ0n) is 20.4. The Morgan fingerprint density at radius 3 is 2.29 bits per heavy atom. The second-order valence-corrected chi connectivity index (χ2v) is 11.1. The summed E-state index contributed by atoms with van der Waals surface area (Å²) in [4.78, 5) is 26.5. The number of rotatable bonds is 12. The lowest BCUT2D eigenvalue weighted by Gasteiger charge is -2.33. The smallest absolute Gasteiger partial charge is 0.341 e. The first-order valence-corrected chi connectivity index (χ1v) is 13.2. The lowest BCUT2D eigenvalue weighted by atomic mass is 9.72. The van der Waals surface area contributed by atoms with E-state index in [1.807, 2.05) is 6.92 Å². The Morgan fingerprint density at radius 2 is 1.68 bits per heavy atom. The van der Waals surface area contributed by atoms with Gasteiger partial charge >= 0.3 is 5.97 Å². The summed E-state index contributed by atoms with van der Waals surface area (Å²) in [5.74, 6) is 0.314. The Kier molecular flexibility index (Phi) is 10.5. The number of unbranched alkanes of at least 4 members (excludes halogenated alkanes) is 7. The van der Waals surface area contributed by atoms with E-state index in [9.17, 15) is 9.59 Å². The number of hydrogen-bond acceptors (Lipinski definition) is 4. The van der Waals surface area contributed by atoms with Gasteiger partial charge in [-0.1, -0.05) is 72.6 Å². The molecule has 2 rings (SSSR count). The Morgan fingerprint density at radius 1 is 1.03 bits per heavy atom. The molecule has 0 radical (unpaired) electrons. The number of carbonyl (C=O) groups excluding carboxylic acids is 2. The Hall–Kier alpha value is -1.36. The monoisotopic (exact) mass is 449 g/mol. The van der Waals surface area contributed by atoms with E-state index in [1.165, 1.54) is 43.4 Å². The van der Waals surface area contributed by atoms with Crippen molar-refractivity contribution in [3.05, 3.63) is 16.0 Å². The highest BCUT2D eigenvalue weighted by Crippen LogP contribution is 2.44. The maximum Gasteiger partial charge on any atom is 0.341 e. The van der Waals surface area contributed by atoms with Crippen molar-refractivity contribution >= 4 is 28.2 Å². The Bertz CT molecular complexity index is 717. The third-order valence-corrected chi connectivity index (χ3v) is 7.65. The van der Waals surface area contributed by atoms with Crippen LogP contribution < -0.4 is 5.32 Å². The molecule has 1 atom stereocenters. The summed E-state index contributed by atoms with van der Waals surface area (Å²) in [6.45, 7) is 11.3. The topological polar surface area (TPSA) is 55.4 Å². The highest BCUT2D eigenvalue weighted by molar-refractivity contribution is 7.17. The van der Waals surface area contributed by atoms with E-state index in [2.05, 4.69) is 33.0 Å². The molecule has 0 bridgehead atoms. The zero-order chi connectivity index (χ0) is 22.9. The molecule has 1 heterocycles. The van der Waals surface area contributed by atoms with Gasteiger partial charge in [0.05, 0.1) is 12.2 Å². The van der Waals surface area contributed by atoms with Crippen LogP contribution in [0.15, 0.2) is 0 Å². The number of hydrogen-bond donors (Lipinski definition) is 1. The summed E-state index contributed by atoms with van der Waals surface area (Å²) in [6.07, 6.45) is 13.2. The maximum atomic E-state index is 12.7. The number of amides is 1. The van der Waals surface area contributed by atoms with Gasteiger partial charge in [0.2, 0.25) is 5.91 Å². The second kappa shape index (κ2) is 12.6. The van der Waals surface area contributed by atoms with E-state index in [1.54, 1.807) is 11.3 Å². The van der Waals surface area contributed by atoms with Gasteiger partial charge in [-0.25, -0.2) is 4.79 Å². The zero-order valence-corrected chi connectivity index (χ0v) is 21.2. The molecule has 1 aromatic heterocycles. The van der Waals surface area contributed by atoms with Gasteiger partial charge < -0.3 is 10.1 Å². The summed E-state index contributed by atoms with van der Waals surface area (Å²) in [7, 11) is 0. The van der Waals surface area contributed by atoms with Crippen LogP contribution in [0.5, 0.6) is 0 Å². The van der Waals surface area contributed by atoms with Crippen LogP contribution >= 0.6 is 11.3 Å². The molecule has 5 heteroatoms. The van der Waals surface area contributed by atoms with E-state index in [0.29, 0.717) is 29.5 Å². The molecular formula is C26H43NO3S. The van der Waals surface area contributed by atoms with Crippen LogP contribution in [0.4, 0.5) is 5.00 Å². The van der Waals surface area contributed by atoms with E-state index in [0.717, 1.165) is 37.7 Å². The van der Waals surface area contributed by atoms with Crippen molar-refractivity contribution in [2.75, 3.05) is 11.9 Å². The van der Waals surface area contributed by atoms with Gasteiger partial charge in [0.25, 0.3) is 0 Å². The summed E-state index contributed by atoms with van der Waals surface area (Å²) >= 11 is 1.59. The number of thiophene rings is 1. The number of fused-ring (bicyclic) bond motifs is 1. The first kappa shape index (κ1) is 25.9. The van der Waals surface area contributed by atoms with Crippen molar-refractivity contribution < 1.29 is 14.3 Å². The molecule has 1 aliphatic rings. The van der Waals surface area contributed by atoms with E-state index < -0.39 is 0 Å². The molecule has 1 unspecified atom stereocenters. The molecule has 0 fully saturated rings. The molecule has 31 heavy (non-hydrogen) atoms. The number of carbonyl (C=O) groups is 2. The van der Waals surface area contributed by atoms with Gasteiger partial charge in [0.1, 0.15) is 5.00 Å². The highest BCUT2D eigenvalue weighted by atomic mass is 32.1. The van der Waals surface area contributed by atoms with Crippen molar-refractivity contribution in [1.82, 2.24) is 0 Å². The predicted molar refractivity (Wildman–Crippen MR) is 131 cm³/mol. The minimum absolute atomic E-state index is 0.0162. The van der Waals surface area contributed by atoms with Gasteiger partial charge in [-0.15, -0.1) is 11.3 Å². The molecule has 0 saturated carbocycles. The van der Waals surface area contributed by atoms with Gasteiger partial charge in [-0.05, 0) is 49.5 Å². The molecule has 176 valence electrons. The Labute approximate surface area is 193 Å². The molecular weight excluding hydrogens is 406 g/mol. The second-order valence-electron chi connectivity index (χ2n) is 10.0. The molecule has 0 spiro atoms. The predicted octanol–water partition coefficient (Wildman–Crippen LogP) is 7.55. The molecule has 1 N–H and O–H groups in total. The molecule has 0 aliphatic heterocycles. The normalized spacial score (nSPS) is 16.1. The fourth-order valence-corrected chi connectivity index (χ4v) is 5.77. The highest BCUT2D eigenvalue weighted by Gasteiger charge is 2.34. The Balaban J connectivity index is 1.96. The number of anilines is 1. The van der Waals surface area contributed by atoms with Crippen LogP contribution in [0, 0.1) is 11.3 Å². The third-order valence-electron chi connectivity index (χ3n) is 6.48. The summed E-state index contributed by atoms with van der Waals surface area (Å²) in [6, 6.07) is 0. The molecule has 1 aliphatic carbocycles. The van der Waals surface area contributed by atoms with Crippen LogP contribution in [0.25, 0.3) is 0 Å². The fourth-order valence-electron chi connectivity index (χ4n) is 4.44. The average Bonchev–Trinajstić information content (AvgIpc) is 3.06. The molecule has 0 aromatic carbocycles. The van der Waals surface area contributed by atoms with Crippen LogP contribution in [0.1, 0.15) is 120 Å². The summed E-state index contributed by atoms with van der Waals surface area (Å²) in [5, 5.41) is 3.76. The lowest BCUT2D eigenvalue weighted by Crippen LogP contribution is -2.26. The van der Waals surface area contributed by atoms with Crippen LogP contribution in [-0.2, 0) is 22.4 Å². The first-order chi connectivity index (χ1) is 14.8.